The molecule has 0 saturated heterocycles. The van der Waals surface area contributed by atoms with Crippen molar-refractivity contribution in [2.45, 2.75) is 25.3 Å². The number of aliphatic hydroxyl groups excluding tert-OH is 2. The van der Waals surface area contributed by atoms with Crippen LogP contribution in [0.1, 0.15) is 18.1 Å². The molecule has 0 fully saturated rings. The average molecular weight is 339 g/mol. The minimum Gasteiger partial charge on any atom is -0.395 e. The summed E-state index contributed by atoms with van der Waals surface area (Å²) in [4.78, 5) is 0. The second-order valence-electron chi connectivity index (χ2n) is 4.99. The van der Waals surface area contributed by atoms with Gasteiger partial charge < -0.3 is 10.2 Å². The average Bonchev–Trinajstić information content (AvgIpc) is 2.92. The van der Waals surface area contributed by atoms with Crippen molar-refractivity contribution >= 4 is 15.9 Å². The number of nitrogens with zero attached hydrogens (tertiary/aromatic N) is 2. The smallest absolute Gasteiger partial charge is 0.0553 e. The van der Waals surface area contributed by atoms with Crippen LogP contribution in [0.4, 0.5) is 0 Å². The second-order valence-corrected chi connectivity index (χ2v) is 5.90. The van der Waals surface area contributed by atoms with E-state index in [2.05, 4.69) is 21.0 Å². The fourth-order valence-corrected chi connectivity index (χ4v) is 2.73. The highest BCUT2D eigenvalue weighted by molar-refractivity contribution is 9.10. The minimum atomic E-state index is -0.689. The lowest BCUT2D eigenvalue weighted by Crippen LogP contribution is -2.37. The highest BCUT2D eigenvalue weighted by Crippen LogP contribution is 2.29. The molecule has 20 heavy (non-hydrogen) atoms. The van der Waals surface area contributed by atoms with Crippen LogP contribution < -0.4 is 0 Å². The maximum atomic E-state index is 9.84. The molecule has 0 aliphatic heterocycles. The van der Waals surface area contributed by atoms with Gasteiger partial charge in [0.05, 0.1) is 19.4 Å². The van der Waals surface area contributed by atoms with Crippen LogP contribution in [-0.4, -0.2) is 33.2 Å². The summed E-state index contributed by atoms with van der Waals surface area (Å²) in [6.45, 7) is 2.60. The second kappa shape index (κ2) is 6.52. The van der Waals surface area contributed by atoms with Gasteiger partial charge in [-0.05, 0) is 36.6 Å². The number of aliphatic hydroxyl groups is 2. The van der Waals surface area contributed by atoms with Gasteiger partial charge in [-0.15, -0.1) is 0 Å². The van der Waals surface area contributed by atoms with E-state index in [9.17, 15) is 10.2 Å². The SMILES string of the molecule is CCn1cc(CC(CO)(CO)c2cccc(Br)c2)cn1. The lowest BCUT2D eigenvalue weighted by molar-refractivity contribution is 0.116. The van der Waals surface area contributed by atoms with Crippen LogP contribution in [0.3, 0.4) is 0 Å². The van der Waals surface area contributed by atoms with Crippen molar-refractivity contribution in [3.05, 3.63) is 52.3 Å². The Morgan fingerprint density at radius 2 is 2.05 bits per heavy atom. The number of hydrogen-bond donors (Lipinski definition) is 2. The number of rotatable bonds is 6. The van der Waals surface area contributed by atoms with Gasteiger partial charge >= 0.3 is 0 Å². The van der Waals surface area contributed by atoms with Crippen molar-refractivity contribution in [3.63, 3.8) is 0 Å². The molecule has 0 bridgehead atoms. The third kappa shape index (κ3) is 3.11. The summed E-state index contributed by atoms with van der Waals surface area (Å²) in [7, 11) is 0. The van der Waals surface area contributed by atoms with E-state index >= 15 is 0 Å². The Kier molecular flexibility index (Phi) is 4.96. The highest BCUT2D eigenvalue weighted by atomic mass is 79.9. The molecule has 0 radical (unpaired) electrons. The van der Waals surface area contributed by atoms with Gasteiger partial charge in [-0.1, -0.05) is 28.1 Å². The first-order valence-corrected chi connectivity index (χ1v) is 7.42. The van der Waals surface area contributed by atoms with Gasteiger partial charge in [-0.3, -0.25) is 4.68 Å². The Labute approximate surface area is 127 Å². The molecule has 0 aliphatic carbocycles. The molecule has 1 aromatic carbocycles. The van der Waals surface area contributed by atoms with Gasteiger partial charge in [0.1, 0.15) is 0 Å². The zero-order valence-electron chi connectivity index (χ0n) is 11.5. The molecule has 2 N–H and O–H groups in total. The maximum absolute atomic E-state index is 9.84. The zero-order valence-corrected chi connectivity index (χ0v) is 13.0. The van der Waals surface area contributed by atoms with Crippen LogP contribution in [0, 0.1) is 0 Å². The predicted octanol–water partition coefficient (Wildman–Crippen LogP) is 2.13. The summed E-state index contributed by atoms with van der Waals surface area (Å²) >= 11 is 3.43. The summed E-state index contributed by atoms with van der Waals surface area (Å²) in [5, 5.41) is 23.9. The topological polar surface area (TPSA) is 58.3 Å². The van der Waals surface area contributed by atoms with Crippen molar-refractivity contribution in [1.82, 2.24) is 9.78 Å². The quantitative estimate of drug-likeness (QED) is 0.848. The lowest BCUT2D eigenvalue weighted by atomic mass is 9.77. The fraction of sp³-hybridized carbons (Fsp3) is 0.400. The number of benzene rings is 1. The Balaban J connectivity index is 2.33. The van der Waals surface area contributed by atoms with Gasteiger partial charge in [0.2, 0.25) is 0 Å². The molecule has 0 unspecified atom stereocenters. The largest absolute Gasteiger partial charge is 0.395 e. The van der Waals surface area contributed by atoms with Crippen LogP contribution in [0.2, 0.25) is 0 Å². The minimum absolute atomic E-state index is 0.114. The number of hydrogen-bond acceptors (Lipinski definition) is 3. The van der Waals surface area contributed by atoms with Crippen LogP contribution in [-0.2, 0) is 18.4 Å². The lowest BCUT2D eigenvalue weighted by Gasteiger charge is -2.30. The third-order valence-electron chi connectivity index (χ3n) is 3.60. The van der Waals surface area contributed by atoms with Crippen molar-refractivity contribution in [2.75, 3.05) is 13.2 Å². The first-order valence-electron chi connectivity index (χ1n) is 6.62. The van der Waals surface area contributed by atoms with Crippen LogP contribution in [0.15, 0.2) is 41.1 Å². The molecule has 0 atom stereocenters. The number of halogens is 1. The first kappa shape index (κ1) is 15.2. The van der Waals surface area contributed by atoms with Crippen molar-refractivity contribution in [2.24, 2.45) is 0 Å². The van der Waals surface area contributed by atoms with E-state index in [0.29, 0.717) is 6.42 Å². The maximum Gasteiger partial charge on any atom is 0.0553 e. The predicted molar refractivity (Wildman–Crippen MR) is 81.6 cm³/mol. The number of aryl methyl sites for hydroxylation is 1. The Hall–Kier alpha value is -1.17. The number of aromatic nitrogens is 2. The molecule has 5 heteroatoms. The summed E-state index contributed by atoms with van der Waals surface area (Å²) in [5.41, 5.74) is 1.24. The summed E-state index contributed by atoms with van der Waals surface area (Å²) < 4.78 is 2.78. The molecule has 0 saturated carbocycles. The van der Waals surface area contributed by atoms with Crippen molar-refractivity contribution in [1.29, 1.82) is 0 Å². The van der Waals surface area contributed by atoms with Gasteiger partial charge in [-0.2, -0.15) is 5.10 Å². The summed E-state index contributed by atoms with van der Waals surface area (Å²) in [6.07, 6.45) is 4.30. The van der Waals surface area contributed by atoms with Crippen LogP contribution >= 0.6 is 15.9 Å². The van der Waals surface area contributed by atoms with E-state index in [1.165, 1.54) is 0 Å². The van der Waals surface area contributed by atoms with E-state index in [4.69, 9.17) is 0 Å². The summed E-state index contributed by atoms with van der Waals surface area (Å²) in [5.74, 6) is 0. The normalized spacial score (nSPS) is 11.8. The molecule has 2 aromatic rings. The van der Waals surface area contributed by atoms with Crippen molar-refractivity contribution in [3.8, 4) is 0 Å². The van der Waals surface area contributed by atoms with Crippen molar-refractivity contribution < 1.29 is 10.2 Å². The molecule has 0 spiro atoms. The Morgan fingerprint density at radius 3 is 2.60 bits per heavy atom. The molecule has 108 valence electrons. The summed E-state index contributed by atoms with van der Waals surface area (Å²) in [6, 6.07) is 7.71. The van der Waals surface area contributed by atoms with E-state index in [1.807, 2.05) is 42.1 Å². The fourth-order valence-electron chi connectivity index (χ4n) is 2.33. The van der Waals surface area contributed by atoms with Crippen LogP contribution in [0.5, 0.6) is 0 Å². The van der Waals surface area contributed by atoms with Gasteiger partial charge in [0.15, 0.2) is 0 Å². The zero-order chi connectivity index (χ0) is 14.6. The molecular weight excluding hydrogens is 320 g/mol. The van der Waals surface area contributed by atoms with E-state index in [0.717, 1.165) is 22.1 Å². The monoisotopic (exact) mass is 338 g/mol. The molecule has 0 amide bonds. The van der Waals surface area contributed by atoms with Gasteiger partial charge in [-0.25, -0.2) is 0 Å². The van der Waals surface area contributed by atoms with Crippen LogP contribution in [0.25, 0.3) is 0 Å². The van der Waals surface area contributed by atoms with E-state index in [-0.39, 0.29) is 13.2 Å². The Bertz CT molecular complexity index is 565. The Morgan fingerprint density at radius 1 is 1.30 bits per heavy atom. The van der Waals surface area contributed by atoms with Gasteiger partial charge in [0.25, 0.3) is 0 Å². The molecule has 4 nitrogen and oxygen atoms in total. The van der Waals surface area contributed by atoms with E-state index < -0.39 is 5.41 Å². The molecule has 0 aliphatic rings. The van der Waals surface area contributed by atoms with E-state index in [1.54, 1.807) is 6.20 Å². The molecule has 2 rings (SSSR count). The highest BCUT2D eigenvalue weighted by Gasteiger charge is 2.32. The molecular formula is C15H19BrN2O2. The molecule has 1 aromatic heterocycles. The molecule has 1 heterocycles. The van der Waals surface area contributed by atoms with Gasteiger partial charge in [0, 0.05) is 22.6 Å². The standard InChI is InChI=1S/C15H19BrN2O2/c1-2-18-9-12(8-17-18)7-15(10-19,11-20)13-4-3-5-14(16)6-13/h3-6,8-9,19-20H,2,7,10-11H2,1H3. The third-order valence-corrected chi connectivity index (χ3v) is 4.09. The first-order chi connectivity index (χ1) is 9.63.